The second-order valence-electron chi connectivity index (χ2n) is 7.06. The van der Waals surface area contributed by atoms with Gasteiger partial charge in [-0.1, -0.05) is 76.2 Å². The smallest absolute Gasteiger partial charge is 0.222 e. The minimum atomic E-state index is 0.0736. The summed E-state index contributed by atoms with van der Waals surface area (Å²) in [5, 5.41) is 6.49. The molecule has 0 unspecified atom stereocenters. The summed E-state index contributed by atoms with van der Waals surface area (Å²) in [4.78, 5) is 12.1. The molecule has 1 amide bonds. The summed E-state index contributed by atoms with van der Waals surface area (Å²) in [5.41, 5.74) is 4.95. The summed E-state index contributed by atoms with van der Waals surface area (Å²) in [6.07, 6.45) is 0.469. The molecule has 0 heterocycles. The molecule has 2 aromatic rings. The third kappa shape index (κ3) is 5.63. The molecule has 2 aromatic carbocycles. The van der Waals surface area contributed by atoms with Crippen molar-refractivity contribution >= 4 is 11.6 Å². The molecule has 0 aliphatic carbocycles. The summed E-state index contributed by atoms with van der Waals surface area (Å²) in [6.45, 7) is 10.0. The van der Waals surface area contributed by atoms with Crippen molar-refractivity contribution in [2.45, 2.75) is 52.5 Å². The van der Waals surface area contributed by atoms with Gasteiger partial charge in [0.25, 0.3) is 0 Å². The van der Waals surface area contributed by atoms with Crippen molar-refractivity contribution in [3.05, 3.63) is 65.2 Å². The van der Waals surface area contributed by atoms with Crippen LogP contribution in [0.1, 0.15) is 62.6 Å². The zero-order valence-electron chi connectivity index (χ0n) is 15.8. The number of hydrogen-bond donors (Lipinski definition) is 2. The minimum Gasteiger partial charge on any atom is -0.384 e. The lowest BCUT2D eigenvalue weighted by atomic mass is 9.92. The van der Waals surface area contributed by atoms with E-state index in [4.69, 9.17) is 0 Å². The average Bonchev–Trinajstić information content (AvgIpc) is 2.60. The Morgan fingerprint density at radius 1 is 0.880 bits per heavy atom. The number of nitrogens with one attached hydrogen (secondary N) is 2. The molecule has 3 nitrogen and oxygen atoms in total. The van der Waals surface area contributed by atoms with Crippen LogP contribution in [0.2, 0.25) is 0 Å². The molecule has 25 heavy (non-hydrogen) atoms. The van der Waals surface area contributed by atoms with E-state index in [1.807, 2.05) is 30.3 Å². The standard InChI is InChI=1S/C22H30N2O/c1-16(2)19-11-8-12-20(17(3)4)22(19)23-14-13-21(25)24-15-18-9-6-5-7-10-18/h5-12,16-17,23H,13-15H2,1-4H3,(H,24,25). The van der Waals surface area contributed by atoms with E-state index in [9.17, 15) is 4.79 Å². The van der Waals surface area contributed by atoms with Crippen molar-refractivity contribution < 1.29 is 4.79 Å². The SMILES string of the molecule is CC(C)c1cccc(C(C)C)c1NCCC(=O)NCc1ccccc1. The van der Waals surface area contributed by atoms with Crippen LogP contribution in [0, 0.1) is 0 Å². The first kappa shape index (κ1) is 19.0. The molecule has 0 radical (unpaired) electrons. The Labute approximate surface area is 151 Å². The van der Waals surface area contributed by atoms with Crippen LogP contribution in [0.25, 0.3) is 0 Å². The Morgan fingerprint density at radius 2 is 1.48 bits per heavy atom. The van der Waals surface area contributed by atoms with Gasteiger partial charge in [0.2, 0.25) is 5.91 Å². The lowest BCUT2D eigenvalue weighted by molar-refractivity contribution is -0.121. The zero-order chi connectivity index (χ0) is 18.2. The number of para-hydroxylation sites is 1. The highest BCUT2D eigenvalue weighted by molar-refractivity contribution is 5.76. The van der Waals surface area contributed by atoms with Gasteiger partial charge in [-0.3, -0.25) is 4.79 Å². The molecule has 0 aliphatic heterocycles. The van der Waals surface area contributed by atoms with Crippen LogP contribution in [0.5, 0.6) is 0 Å². The van der Waals surface area contributed by atoms with Crippen LogP contribution in [0.15, 0.2) is 48.5 Å². The molecular weight excluding hydrogens is 308 g/mol. The quantitative estimate of drug-likeness (QED) is 0.707. The molecule has 2 rings (SSSR count). The van der Waals surface area contributed by atoms with E-state index >= 15 is 0 Å². The maximum Gasteiger partial charge on any atom is 0.222 e. The first-order chi connectivity index (χ1) is 12.0. The zero-order valence-corrected chi connectivity index (χ0v) is 15.8. The fourth-order valence-corrected chi connectivity index (χ4v) is 2.94. The minimum absolute atomic E-state index is 0.0736. The van der Waals surface area contributed by atoms with Gasteiger partial charge in [-0.25, -0.2) is 0 Å². The predicted molar refractivity (Wildman–Crippen MR) is 106 cm³/mol. The summed E-state index contributed by atoms with van der Waals surface area (Å²) in [5.74, 6) is 0.977. The normalized spacial score (nSPS) is 11.0. The van der Waals surface area contributed by atoms with Gasteiger partial charge in [0.15, 0.2) is 0 Å². The molecular formula is C22H30N2O. The van der Waals surface area contributed by atoms with E-state index < -0.39 is 0 Å². The monoisotopic (exact) mass is 338 g/mol. The van der Waals surface area contributed by atoms with E-state index in [-0.39, 0.29) is 5.91 Å². The van der Waals surface area contributed by atoms with Gasteiger partial charge in [-0.05, 0) is 28.5 Å². The number of carbonyl (C=O) groups excluding carboxylic acids is 1. The highest BCUT2D eigenvalue weighted by Crippen LogP contribution is 2.32. The Hall–Kier alpha value is -2.29. The van der Waals surface area contributed by atoms with Crippen molar-refractivity contribution in [2.75, 3.05) is 11.9 Å². The number of benzene rings is 2. The first-order valence-electron chi connectivity index (χ1n) is 9.16. The molecule has 0 saturated carbocycles. The Kier molecular flexibility index (Phi) is 7.05. The highest BCUT2D eigenvalue weighted by Gasteiger charge is 2.13. The van der Waals surface area contributed by atoms with E-state index in [1.54, 1.807) is 0 Å². The van der Waals surface area contributed by atoms with Gasteiger partial charge in [0.05, 0.1) is 0 Å². The van der Waals surface area contributed by atoms with Gasteiger partial charge in [0.1, 0.15) is 0 Å². The lowest BCUT2D eigenvalue weighted by Crippen LogP contribution is -2.25. The maximum atomic E-state index is 12.1. The van der Waals surface area contributed by atoms with E-state index in [1.165, 1.54) is 16.8 Å². The fourth-order valence-electron chi connectivity index (χ4n) is 2.94. The van der Waals surface area contributed by atoms with Gasteiger partial charge in [0, 0.05) is 25.2 Å². The van der Waals surface area contributed by atoms with Crippen LogP contribution in [0.3, 0.4) is 0 Å². The topological polar surface area (TPSA) is 41.1 Å². The van der Waals surface area contributed by atoms with E-state index in [0.29, 0.717) is 31.3 Å². The van der Waals surface area contributed by atoms with Gasteiger partial charge >= 0.3 is 0 Å². The highest BCUT2D eigenvalue weighted by atomic mass is 16.1. The van der Waals surface area contributed by atoms with Crippen LogP contribution < -0.4 is 10.6 Å². The Bertz CT molecular complexity index is 651. The van der Waals surface area contributed by atoms with Gasteiger partial charge < -0.3 is 10.6 Å². The number of rotatable bonds is 8. The van der Waals surface area contributed by atoms with Gasteiger partial charge in [-0.15, -0.1) is 0 Å². The van der Waals surface area contributed by atoms with E-state index in [2.05, 4.69) is 56.5 Å². The first-order valence-corrected chi connectivity index (χ1v) is 9.16. The number of carbonyl (C=O) groups is 1. The molecule has 0 spiro atoms. The van der Waals surface area contributed by atoms with Crippen molar-refractivity contribution in [3.63, 3.8) is 0 Å². The third-order valence-corrected chi connectivity index (χ3v) is 4.36. The number of anilines is 1. The second-order valence-corrected chi connectivity index (χ2v) is 7.06. The summed E-state index contributed by atoms with van der Waals surface area (Å²) in [7, 11) is 0. The summed E-state index contributed by atoms with van der Waals surface area (Å²) < 4.78 is 0. The van der Waals surface area contributed by atoms with Crippen LogP contribution >= 0.6 is 0 Å². The molecule has 0 fully saturated rings. The van der Waals surface area contributed by atoms with Crippen molar-refractivity contribution in [1.29, 1.82) is 0 Å². The van der Waals surface area contributed by atoms with Gasteiger partial charge in [-0.2, -0.15) is 0 Å². The second kappa shape index (κ2) is 9.26. The molecule has 134 valence electrons. The predicted octanol–water partition coefficient (Wildman–Crippen LogP) is 5.05. The Morgan fingerprint density at radius 3 is 2.04 bits per heavy atom. The van der Waals surface area contributed by atoms with E-state index in [0.717, 1.165) is 5.56 Å². The summed E-state index contributed by atoms with van der Waals surface area (Å²) in [6, 6.07) is 16.5. The maximum absolute atomic E-state index is 12.1. The molecule has 0 aliphatic rings. The van der Waals surface area contributed by atoms with Crippen LogP contribution in [-0.2, 0) is 11.3 Å². The van der Waals surface area contributed by atoms with Crippen molar-refractivity contribution in [2.24, 2.45) is 0 Å². The largest absolute Gasteiger partial charge is 0.384 e. The number of hydrogen-bond acceptors (Lipinski definition) is 2. The third-order valence-electron chi connectivity index (χ3n) is 4.36. The molecule has 2 N–H and O–H groups in total. The lowest BCUT2D eigenvalue weighted by Gasteiger charge is -2.20. The molecule has 0 saturated heterocycles. The molecule has 3 heteroatoms. The number of amides is 1. The van der Waals surface area contributed by atoms with Crippen molar-refractivity contribution in [3.8, 4) is 0 Å². The van der Waals surface area contributed by atoms with Crippen molar-refractivity contribution in [1.82, 2.24) is 5.32 Å². The molecule has 0 bridgehead atoms. The molecule has 0 atom stereocenters. The Balaban J connectivity index is 1.91. The fraction of sp³-hybridized carbons (Fsp3) is 0.409. The average molecular weight is 338 g/mol. The van der Waals surface area contributed by atoms with Crippen LogP contribution in [0.4, 0.5) is 5.69 Å². The van der Waals surface area contributed by atoms with Crippen LogP contribution in [-0.4, -0.2) is 12.5 Å². The molecule has 0 aromatic heterocycles. The summed E-state index contributed by atoms with van der Waals surface area (Å²) >= 11 is 0.